The van der Waals surface area contributed by atoms with Crippen LogP contribution in [0, 0.1) is 0 Å². The van der Waals surface area contributed by atoms with Gasteiger partial charge in [-0.15, -0.1) is 0 Å². The highest BCUT2D eigenvalue weighted by molar-refractivity contribution is 5.95. The van der Waals surface area contributed by atoms with Crippen LogP contribution in [0.5, 0.6) is 0 Å². The van der Waals surface area contributed by atoms with Gasteiger partial charge in [-0.25, -0.2) is 10.1 Å². The quantitative estimate of drug-likeness (QED) is 0.772. The zero-order valence-electron chi connectivity index (χ0n) is 12.7. The first-order chi connectivity index (χ1) is 11.2. The molecule has 0 fully saturated rings. The molecular formula is C17H16N4O2. The molecule has 6 nitrogen and oxygen atoms in total. The van der Waals surface area contributed by atoms with Gasteiger partial charge in [-0.3, -0.25) is 9.59 Å². The number of aromatic amines is 1. The number of hydrogen-bond donors (Lipinski definition) is 2. The maximum absolute atomic E-state index is 12.3. The summed E-state index contributed by atoms with van der Waals surface area (Å²) in [6.45, 7) is 2.00. The Balaban J connectivity index is 1.86. The Morgan fingerprint density at radius 1 is 1.17 bits per heavy atom. The second kappa shape index (κ2) is 6.39. The molecule has 0 saturated carbocycles. The Morgan fingerprint density at radius 2 is 1.96 bits per heavy atom. The van der Waals surface area contributed by atoms with Crippen molar-refractivity contribution in [2.45, 2.75) is 19.8 Å². The summed E-state index contributed by atoms with van der Waals surface area (Å²) in [5, 5.41) is 10.5. The SMILES string of the molecule is CCc1cccnc1NC(=O)Cc1n[nH]c(=O)c2ccccc12. The summed E-state index contributed by atoms with van der Waals surface area (Å²) in [5.74, 6) is 0.344. The van der Waals surface area contributed by atoms with Crippen molar-refractivity contribution in [2.24, 2.45) is 0 Å². The van der Waals surface area contributed by atoms with Gasteiger partial charge in [0.1, 0.15) is 5.82 Å². The summed E-state index contributed by atoms with van der Waals surface area (Å²) in [5.41, 5.74) is 1.24. The highest BCUT2D eigenvalue weighted by atomic mass is 16.1. The molecule has 2 aromatic heterocycles. The molecule has 0 radical (unpaired) electrons. The van der Waals surface area contributed by atoms with Crippen LogP contribution in [0.1, 0.15) is 18.2 Å². The molecule has 3 rings (SSSR count). The van der Waals surface area contributed by atoms with Gasteiger partial charge < -0.3 is 5.32 Å². The summed E-state index contributed by atoms with van der Waals surface area (Å²) < 4.78 is 0. The maximum atomic E-state index is 12.3. The van der Waals surface area contributed by atoms with Crippen LogP contribution in [0.4, 0.5) is 5.82 Å². The van der Waals surface area contributed by atoms with Crippen LogP contribution in [0.3, 0.4) is 0 Å². The van der Waals surface area contributed by atoms with E-state index < -0.39 is 0 Å². The van der Waals surface area contributed by atoms with E-state index in [0.717, 1.165) is 12.0 Å². The van der Waals surface area contributed by atoms with Crippen molar-refractivity contribution >= 4 is 22.5 Å². The van der Waals surface area contributed by atoms with Crippen molar-refractivity contribution in [3.05, 3.63) is 64.2 Å². The average molecular weight is 308 g/mol. The molecule has 116 valence electrons. The normalized spacial score (nSPS) is 10.7. The number of fused-ring (bicyclic) bond motifs is 1. The summed E-state index contributed by atoms with van der Waals surface area (Å²) in [4.78, 5) is 28.3. The molecule has 1 amide bonds. The van der Waals surface area contributed by atoms with E-state index >= 15 is 0 Å². The molecule has 0 unspecified atom stereocenters. The van der Waals surface area contributed by atoms with Gasteiger partial charge in [-0.2, -0.15) is 5.10 Å². The number of nitrogens with zero attached hydrogens (tertiary/aromatic N) is 2. The van der Waals surface area contributed by atoms with E-state index in [-0.39, 0.29) is 17.9 Å². The number of aromatic nitrogens is 3. The van der Waals surface area contributed by atoms with Crippen LogP contribution in [-0.2, 0) is 17.6 Å². The lowest BCUT2D eigenvalue weighted by molar-refractivity contribution is -0.115. The van der Waals surface area contributed by atoms with Gasteiger partial charge in [0, 0.05) is 11.6 Å². The number of rotatable bonds is 4. The number of benzene rings is 1. The summed E-state index contributed by atoms with van der Waals surface area (Å²) >= 11 is 0. The van der Waals surface area contributed by atoms with Crippen LogP contribution >= 0.6 is 0 Å². The monoisotopic (exact) mass is 308 g/mol. The van der Waals surface area contributed by atoms with Crippen LogP contribution in [-0.4, -0.2) is 21.1 Å². The van der Waals surface area contributed by atoms with Crippen LogP contribution in [0.15, 0.2) is 47.4 Å². The first-order valence-electron chi connectivity index (χ1n) is 7.39. The number of hydrogen-bond acceptors (Lipinski definition) is 4. The molecule has 2 N–H and O–H groups in total. The third kappa shape index (κ3) is 3.11. The van der Waals surface area contributed by atoms with Gasteiger partial charge in [0.05, 0.1) is 17.5 Å². The first-order valence-corrected chi connectivity index (χ1v) is 7.39. The number of nitrogens with one attached hydrogen (secondary N) is 2. The van der Waals surface area contributed by atoms with E-state index in [9.17, 15) is 9.59 Å². The van der Waals surface area contributed by atoms with Gasteiger partial charge in [-0.05, 0) is 24.1 Å². The standard InChI is InChI=1S/C17H16N4O2/c1-2-11-6-5-9-18-16(11)19-15(22)10-14-12-7-3-4-8-13(12)17(23)21-20-14/h3-9H,2,10H2,1H3,(H,21,23)(H,18,19,22). The Morgan fingerprint density at radius 3 is 2.74 bits per heavy atom. The molecular weight excluding hydrogens is 292 g/mol. The molecule has 0 saturated heterocycles. The molecule has 0 aliphatic heterocycles. The minimum Gasteiger partial charge on any atom is -0.310 e. The number of anilines is 1. The number of H-pyrrole nitrogens is 1. The molecule has 2 heterocycles. The third-order valence-electron chi connectivity index (χ3n) is 3.63. The fraction of sp³-hybridized carbons (Fsp3) is 0.176. The van der Waals surface area contributed by atoms with E-state index in [2.05, 4.69) is 20.5 Å². The summed E-state index contributed by atoms with van der Waals surface area (Å²) in [7, 11) is 0. The molecule has 6 heteroatoms. The number of amides is 1. The Labute approximate surface area is 132 Å². The predicted octanol–water partition coefficient (Wildman–Crippen LogP) is 2.06. The Hall–Kier alpha value is -3.02. The summed E-state index contributed by atoms with van der Waals surface area (Å²) in [6.07, 6.45) is 2.49. The van der Waals surface area contributed by atoms with Crippen molar-refractivity contribution in [2.75, 3.05) is 5.32 Å². The number of carbonyl (C=O) groups is 1. The number of carbonyl (C=O) groups excluding carboxylic acids is 1. The molecule has 1 aromatic carbocycles. The van der Waals surface area contributed by atoms with E-state index in [4.69, 9.17) is 0 Å². The smallest absolute Gasteiger partial charge is 0.272 e. The van der Waals surface area contributed by atoms with Gasteiger partial charge in [0.25, 0.3) is 5.56 Å². The molecule has 0 spiro atoms. The second-order valence-corrected chi connectivity index (χ2v) is 5.13. The fourth-order valence-corrected chi connectivity index (χ4v) is 2.47. The molecule has 0 aliphatic rings. The van der Waals surface area contributed by atoms with Crippen molar-refractivity contribution < 1.29 is 4.79 Å². The van der Waals surface area contributed by atoms with Gasteiger partial charge in [0.2, 0.25) is 5.91 Å². The molecule has 0 bridgehead atoms. The minimum absolute atomic E-state index is 0.0665. The van der Waals surface area contributed by atoms with Crippen LogP contribution in [0.2, 0.25) is 0 Å². The lowest BCUT2D eigenvalue weighted by Gasteiger charge is -2.09. The molecule has 0 aliphatic carbocycles. The van der Waals surface area contributed by atoms with Crippen molar-refractivity contribution in [3.8, 4) is 0 Å². The largest absolute Gasteiger partial charge is 0.310 e. The average Bonchev–Trinajstić information content (AvgIpc) is 2.58. The van der Waals surface area contributed by atoms with E-state index in [1.165, 1.54) is 0 Å². The molecule has 23 heavy (non-hydrogen) atoms. The number of pyridine rings is 1. The van der Waals surface area contributed by atoms with E-state index in [1.54, 1.807) is 24.4 Å². The van der Waals surface area contributed by atoms with Crippen molar-refractivity contribution in [1.82, 2.24) is 15.2 Å². The molecule has 3 aromatic rings. The first kappa shape index (κ1) is 14.9. The van der Waals surface area contributed by atoms with Crippen molar-refractivity contribution in [3.63, 3.8) is 0 Å². The zero-order valence-corrected chi connectivity index (χ0v) is 12.7. The maximum Gasteiger partial charge on any atom is 0.272 e. The van der Waals surface area contributed by atoms with Crippen molar-refractivity contribution in [1.29, 1.82) is 0 Å². The van der Waals surface area contributed by atoms with Gasteiger partial charge in [-0.1, -0.05) is 31.2 Å². The second-order valence-electron chi connectivity index (χ2n) is 5.13. The summed E-state index contributed by atoms with van der Waals surface area (Å²) in [6, 6.07) is 10.9. The van der Waals surface area contributed by atoms with E-state index in [1.807, 2.05) is 25.1 Å². The van der Waals surface area contributed by atoms with Crippen LogP contribution < -0.4 is 10.9 Å². The highest BCUT2D eigenvalue weighted by Crippen LogP contribution is 2.15. The highest BCUT2D eigenvalue weighted by Gasteiger charge is 2.12. The van der Waals surface area contributed by atoms with E-state index in [0.29, 0.717) is 22.3 Å². The molecule has 0 atom stereocenters. The zero-order chi connectivity index (χ0) is 16.2. The Bertz CT molecular complexity index is 918. The van der Waals surface area contributed by atoms with Gasteiger partial charge >= 0.3 is 0 Å². The van der Waals surface area contributed by atoms with Gasteiger partial charge in [0.15, 0.2) is 0 Å². The lowest BCUT2D eigenvalue weighted by Crippen LogP contribution is -2.19. The van der Waals surface area contributed by atoms with Crippen LogP contribution in [0.25, 0.3) is 10.8 Å². The predicted molar refractivity (Wildman–Crippen MR) is 88.3 cm³/mol. The fourth-order valence-electron chi connectivity index (χ4n) is 2.47. The topological polar surface area (TPSA) is 87.7 Å². The lowest BCUT2D eigenvalue weighted by atomic mass is 10.1. The third-order valence-corrected chi connectivity index (χ3v) is 3.63. The minimum atomic E-state index is -0.261. The Kier molecular flexibility index (Phi) is 4.14. The number of aryl methyl sites for hydroxylation is 1.